The summed E-state index contributed by atoms with van der Waals surface area (Å²) >= 11 is 3.03. The summed E-state index contributed by atoms with van der Waals surface area (Å²) in [5.74, 6) is 1.30. The summed E-state index contributed by atoms with van der Waals surface area (Å²) in [7, 11) is 1.89. The number of carbonyl (C=O) groups is 1. The van der Waals surface area contributed by atoms with Crippen molar-refractivity contribution in [1.82, 2.24) is 20.1 Å². The lowest BCUT2D eigenvalue weighted by atomic mass is 10.3. The Morgan fingerprint density at radius 1 is 1.21 bits per heavy atom. The number of thiophene rings is 1. The second-order valence-electron chi connectivity index (χ2n) is 6.47. The summed E-state index contributed by atoms with van der Waals surface area (Å²) in [6.45, 7) is 2.28. The molecule has 0 saturated heterocycles. The third-order valence-corrected chi connectivity index (χ3v) is 6.76. The number of hydrogen-bond donors (Lipinski definition) is 1. The SMILES string of the molecule is Cc1nn(C)c2sc(C(=O)NCc3ccc(-c4nc5ccccc5s4)o3)cc12. The fraction of sp³-hybridized carbons (Fsp3) is 0.150. The highest BCUT2D eigenvalue weighted by Gasteiger charge is 2.16. The maximum Gasteiger partial charge on any atom is 0.261 e. The number of aryl methyl sites for hydroxylation is 2. The van der Waals surface area contributed by atoms with Gasteiger partial charge >= 0.3 is 0 Å². The minimum atomic E-state index is -0.112. The molecule has 0 radical (unpaired) electrons. The molecule has 4 aromatic heterocycles. The average molecular weight is 409 g/mol. The molecule has 5 aromatic rings. The first-order chi connectivity index (χ1) is 13.6. The zero-order chi connectivity index (χ0) is 19.3. The van der Waals surface area contributed by atoms with Crippen LogP contribution >= 0.6 is 22.7 Å². The minimum Gasteiger partial charge on any atom is -0.457 e. The lowest BCUT2D eigenvalue weighted by molar-refractivity contribution is 0.0952. The standard InChI is InChI=1S/C20H16N4O2S2/c1-11-13-9-17(28-20(13)24(2)23-11)18(25)21-10-12-7-8-15(26-12)19-22-14-5-3-4-6-16(14)27-19/h3-9H,10H2,1-2H3,(H,21,25). The monoisotopic (exact) mass is 408 g/mol. The van der Waals surface area contributed by atoms with Gasteiger partial charge in [0, 0.05) is 12.4 Å². The fourth-order valence-corrected chi connectivity index (χ4v) is 5.10. The molecule has 28 heavy (non-hydrogen) atoms. The number of thiazole rings is 1. The van der Waals surface area contributed by atoms with E-state index in [1.807, 2.05) is 61.1 Å². The fourth-order valence-electron chi connectivity index (χ4n) is 3.14. The summed E-state index contributed by atoms with van der Waals surface area (Å²) in [5, 5.41) is 9.16. The molecule has 5 rings (SSSR count). The Bertz CT molecular complexity index is 1260. The van der Waals surface area contributed by atoms with Gasteiger partial charge in [-0.1, -0.05) is 12.1 Å². The summed E-state index contributed by atoms with van der Waals surface area (Å²) in [6.07, 6.45) is 0. The Morgan fingerprint density at radius 2 is 2.07 bits per heavy atom. The van der Waals surface area contributed by atoms with Crippen LogP contribution in [0.1, 0.15) is 21.1 Å². The number of rotatable bonds is 4. The first-order valence-corrected chi connectivity index (χ1v) is 10.4. The highest BCUT2D eigenvalue weighted by molar-refractivity contribution is 7.21. The quantitative estimate of drug-likeness (QED) is 0.466. The molecule has 4 heterocycles. The molecule has 0 atom stereocenters. The topological polar surface area (TPSA) is 73.0 Å². The minimum absolute atomic E-state index is 0.112. The number of aromatic nitrogens is 3. The van der Waals surface area contributed by atoms with Crippen LogP contribution in [0.5, 0.6) is 0 Å². The van der Waals surface area contributed by atoms with E-state index in [4.69, 9.17) is 4.42 Å². The molecule has 6 nitrogen and oxygen atoms in total. The zero-order valence-electron chi connectivity index (χ0n) is 15.2. The van der Waals surface area contributed by atoms with Gasteiger partial charge in [-0.05, 0) is 37.3 Å². The van der Waals surface area contributed by atoms with Gasteiger partial charge in [0.05, 0.1) is 27.3 Å². The normalized spacial score (nSPS) is 11.5. The molecule has 0 aliphatic carbocycles. The Hall–Kier alpha value is -2.97. The molecule has 8 heteroatoms. The van der Waals surface area contributed by atoms with Crippen LogP contribution in [0.2, 0.25) is 0 Å². The van der Waals surface area contributed by atoms with Crippen LogP contribution in [0.4, 0.5) is 0 Å². The molecule has 140 valence electrons. The Balaban J connectivity index is 1.31. The second-order valence-corrected chi connectivity index (χ2v) is 8.54. The van der Waals surface area contributed by atoms with Gasteiger partial charge in [-0.15, -0.1) is 22.7 Å². The van der Waals surface area contributed by atoms with Gasteiger partial charge < -0.3 is 9.73 Å². The van der Waals surface area contributed by atoms with Crippen LogP contribution in [0.3, 0.4) is 0 Å². The molecule has 0 aliphatic heterocycles. The van der Waals surface area contributed by atoms with Crippen molar-refractivity contribution in [2.75, 3.05) is 0 Å². The van der Waals surface area contributed by atoms with Crippen LogP contribution in [-0.2, 0) is 13.6 Å². The van der Waals surface area contributed by atoms with Crippen LogP contribution < -0.4 is 5.32 Å². The van der Waals surface area contributed by atoms with Crippen LogP contribution in [-0.4, -0.2) is 20.7 Å². The van der Waals surface area contributed by atoms with Crippen molar-refractivity contribution in [1.29, 1.82) is 0 Å². The van der Waals surface area contributed by atoms with Gasteiger partial charge in [0.1, 0.15) is 10.6 Å². The van der Waals surface area contributed by atoms with Crippen molar-refractivity contribution < 1.29 is 9.21 Å². The van der Waals surface area contributed by atoms with Gasteiger partial charge in [0.25, 0.3) is 5.91 Å². The van der Waals surface area contributed by atoms with E-state index in [1.165, 1.54) is 11.3 Å². The van der Waals surface area contributed by atoms with Gasteiger partial charge in [-0.25, -0.2) is 4.98 Å². The van der Waals surface area contributed by atoms with Crippen molar-refractivity contribution in [3.63, 3.8) is 0 Å². The van der Waals surface area contributed by atoms with E-state index in [-0.39, 0.29) is 5.91 Å². The largest absolute Gasteiger partial charge is 0.457 e. The van der Waals surface area contributed by atoms with E-state index in [2.05, 4.69) is 15.4 Å². The highest BCUT2D eigenvalue weighted by atomic mass is 32.1. The molecule has 1 N–H and O–H groups in total. The van der Waals surface area contributed by atoms with E-state index in [0.717, 1.165) is 31.1 Å². The molecule has 0 aliphatic rings. The number of amides is 1. The predicted octanol–water partition coefficient (Wildman–Crippen LogP) is 4.74. The molecule has 0 saturated carbocycles. The zero-order valence-corrected chi connectivity index (χ0v) is 16.9. The van der Waals surface area contributed by atoms with E-state index < -0.39 is 0 Å². The van der Waals surface area contributed by atoms with Crippen molar-refractivity contribution in [2.45, 2.75) is 13.5 Å². The first kappa shape index (κ1) is 17.2. The summed E-state index contributed by atoms with van der Waals surface area (Å²) in [5.41, 5.74) is 1.89. The van der Waals surface area contributed by atoms with Crippen molar-refractivity contribution in [3.05, 3.63) is 58.8 Å². The number of nitrogens with one attached hydrogen (secondary N) is 1. The van der Waals surface area contributed by atoms with E-state index in [9.17, 15) is 4.79 Å². The van der Waals surface area contributed by atoms with Crippen molar-refractivity contribution in [3.8, 4) is 10.8 Å². The number of hydrogen-bond acceptors (Lipinski definition) is 6. The highest BCUT2D eigenvalue weighted by Crippen LogP contribution is 2.31. The molecular weight excluding hydrogens is 392 g/mol. The number of furan rings is 1. The van der Waals surface area contributed by atoms with Gasteiger partial charge in [-0.3, -0.25) is 9.48 Å². The molecule has 1 amide bonds. The molecule has 1 aromatic carbocycles. The summed E-state index contributed by atoms with van der Waals surface area (Å²) in [6, 6.07) is 13.7. The summed E-state index contributed by atoms with van der Waals surface area (Å²) in [4.78, 5) is 18.8. The Labute approximate surface area is 168 Å². The maximum atomic E-state index is 12.5. The molecule has 0 fully saturated rings. The number of nitrogens with zero attached hydrogens (tertiary/aromatic N) is 3. The molecule has 0 spiro atoms. The molecular formula is C20H16N4O2S2. The number of para-hydroxylation sites is 1. The lowest BCUT2D eigenvalue weighted by Gasteiger charge is -2.00. The van der Waals surface area contributed by atoms with E-state index >= 15 is 0 Å². The van der Waals surface area contributed by atoms with Crippen LogP contribution in [0.15, 0.2) is 46.9 Å². The van der Waals surface area contributed by atoms with E-state index in [0.29, 0.717) is 22.9 Å². The second kappa shape index (κ2) is 6.57. The van der Waals surface area contributed by atoms with Crippen LogP contribution in [0.25, 0.3) is 31.2 Å². The first-order valence-electron chi connectivity index (χ1n) is 8.74. The third kappa shape index (κ3) is 2.90. The van der Waals surface area contributed by atoms with Crippen molar-refractivity contribution >= 4 is 49.0 Å². The smallest absolute Gasteiger partial charge is 0.261 e. The van der Waals surface area contributed by atoms with E-state index in [1.54, 1.807) is 11.3 Å². The van der Waals surface area contributed by atoms with Crippen molar-refractivity contribution in [2.24, 2.45) is 7.05 Å². The number of carbonyl (C=O) groups excluding carboxylic acids is 1. The number of fused-ring (bicyclic) bond motifs is 2. The lowest BCUT2D eigenvalue weighted by Crippen LogP contribution is -2.21. The summed E-state index contributed by atoms with van der Waals surface area (Å²) < 4.78 is 8.82. The maximum absolute atomic E-state index is 12.5. The van der Waals surface area contributed by atoms with Gasteiger partial charge in [-0.2, -0.15) is 5.10 Å². The molecule has 0 unspecified atom stereocenters. The predicted molar refractivity (Wildman–Crippen MR) is 112 cm³/mol. The number of benzene rings is 1. The molecule has 0 bridgehead atoms. The Morgan fingerprint density at radius 3 is 2.89 bits per heavy atom. The average Bonchev–Trinajstić information content (AvgIpc) is 3.45. The van der Waals surface area contributed by atoms with Gasteiger partial charge in [0.2, 0.25) is 0 Å². The van der Waals surface area contributed by atoms with Crippen LogP contribution in [0, 0.1) is 6.92 Å². The Kier molecular flexibility index (Phi) is 4.03. The third-order valence-electron chi connectivity index (χ3n) is 4.51. The van der Waals surface area contributed by atoms with Gasteiger partial charge in [0.15, 0.2) is 10.8 Å².